The first-order valence-electron chi connectivity index (χ1n) is 10.9. The van der Waals surface area contributed by atoms with Crippen LogP contribution in [0.4, 0.5) is 10.9 Å². The predicted molar refractivity (Wildman–Crippen MR) is 133 cm³/mol. The monoisotopic (exact) mass is 468 g/mol. The largest absolute Gasteiger partial charge is 0.383 e. The quantitative estimate of drug-likeness (QED) is 0.475. The van der Waals surface area contributed by atoms with Crippen molar-refractivity contribution in [3.8, 4) is 11.3 Å². The normalized spacial score (nSPS) is 11.7. The second-order valence-electron chi connectivity index (χ2n) is 9.70. The average molecular weight is 469 g/mol. The van der Waals surface area contributed by atoms with E-state index in [4.69, 9.17) is 11.5 Å². The van der Waals surface area contributed by atoms with E-state index in [1.807, 2.05) is 45.0 Å². The average Bonchev–Trinajstić information content (AvgIpc) is 3.20. The SMILES string of the molecule is Cc1nc(NC(=O)Cc2ccc(-c3nn(C(C)C)c(N)c3C(N)=O)cc2)sc1CC(C)(C)C. The fraction of sp³-hybridized carbons (Fsp3) is 0.417. The smallest absolute Gasteiger partial charge is 0.254 e. The molecule has 0 aliphatic carbocycles. The number of nitrogens with two attached hydrogens (primary N) is 2. The molecular weight excluding hydrogens is 436 g/mol. The number of aromatic nitrogens is 3. The van der Waals surface area contributed by atoms with Crippen LogP contribution in [-0.4, -0.2) is 26.6 Å². The second kappa shape index (κ2) is 9.35. The summed E-state index contributed by atoms with van der Waals surface area (Å²) in [7, 11) is 0. The van der Waals surface area contributed by atoms with Crippen molar-refractivity contribution in [2.45, 2.75) is 60.4 Å². The van der Waals surface area contributed by atoms with Gasteiger partial charge in [-0.1, -0.05) is 45.0 Å². The maximum atomic E-state index is 12.6. The number of nitrogens with zero attached hydrogens (tertiary/aromatic N) is 3. The van der Waals surface area contributed by atoms with Crippen LogP contribution in [0.3, 0.4) is 0 Å². The van der Waals surface area contributed by atoms with Gasteiger partial charge in [-0.2, -0.15) is 5.10 Å². The number of rotatable bonds is 7. The Hall–Kier alpha value is -3.20. The number of carbonyl (C=O) groups excluding carboxylic acids is 2. The van der Waals surface area contributed by atoms with Crippen molar-refractivity contribution in [2.24, 2.45) is 11.1 Å². The summed E-state index contributed by atoms with van der Waals surface area (Å²) in [5, 5.41) is 8.01. The van der Waals surface area contributed by atoms with Gasteiger partial charge in [-0.3, -0.25) is 9.59 Å². The Morgan fingerprint density at radius 2 is 1.82 bits per heavy atom. The van der Waals surface area contributed by atoms with Crippen LogP contribution >= 0.6 is 11.3 Å². The molecule has 2 heterocycles. The summed E-state index contributed by atoms with van der Waals surface area (Å²) in [6.45, 7) is 12.4. The van der Waals surface area contributed by atoms with E-state index < -0.39 is 5.91 Å². The van der Waals surface area contributed by atoms with E-state index >= 15 is 0 Å². The van der Waals surface area contributed by atoms with E-state index in [2.05, 4.69) is 36.2 Å². The molecule has 0 aliphatic rings. The van der Waals surface area contributed by atoms with Gasteiger partial charge >= 0.3 is 0 Å². The van der Waals surface area contributed by atoms with Gasteiger partial charge in [-0.05, 0) is 38.2 Å². The molecule has 0 atom stereocenters. The molecule has 0 radical (unpaired) electrons. The summed E-state index contributed by atoms with van der Waals surface area (Å²) in [6, 6.07) is 7.29. The van der Waals surface area contributed by atoms with Gasteiger partial charge in [0.1, 0.15) is 17.1 Å². The zero-order valence-corrected chi connectivity index (χ0v) is 20.8. The Balaban J connectivity index is 1.73. The first-order valence-corrected chi connectivity index (χ1v) is 11.7. The first kappa shape index (κ1) is 24.4. The van der Waals surface area contributed by atoms with Crippen molar-refractivity contribution in [3.63, 3.8) is 0 Å². The molecule has 8 nitrogen and oxygen atoms in total. The van der Waals surface area contributed by atoms with E-state index in [1.165, 1.54) is 16.2 Å². The number of thiazole rings is 1. The molecule has 9 heteroatoms. The Morgan fingerprint density at radius 1 is 1.18 bits per heavy atom. The first-order chi connectivity index (χ1) is 15.4. The summed E-state index contributed by atoms with van der Waals surface area (Å²) in [5.74, 6) is -0.507. The molecule has 176 valence electrons. The number of amides is 2. The van der Waals surface area contributed by atoms with Crippen LogP contribution in [0, 0.1) is 12.3 Å². The number of carbonyl (C=O) groups is 2. The second-order valence-corrected chi connectivity index (χ2v) is 10.8. The lowest BCUT2D eigenvalue weighted by molar-refractivity contribution is -0.115. The van der Waals surface area contributed by atoms with E-state index in [1.54, 1.807) is 4.68 Å². The number of hydrogen-bond acceptors (Lipinski definition) is 6. The number of nitrogen functional groups attached to an aromatic ring is 1. The Kier molecular flexibility index (Phi) is 6.92. The van der Waals surface area contributed by atoms with Crippen LogP contribution in [-0.2, 0) is 17.6 Å². The van der Waals surface area contributed by atoms with Gasteiger partial charge in [-0.15, -0.1) is 11.3 Å². The Labute approximate surface area is 198 Å². The number of nitrogens with one attached hydrogen (secondary N) is 1. The minimum atomic E-state index is -0.623. The molecule has 0 saturated carbocycles. The minimum Gasteiger partial charge on any atom is -0.383 e. The highest BCUT2D eigenvalue weighted by Gasteiger charge is 2.23. The van der Waals surface area contributed by atoms with E-state index in [9.17, 15) is 9.59 Å². The third-order valence-corrected chi connectivity index (χ3v) is 6.18. The minimum absolute atomic E-state index is 0.0155. The number of hydrogen-bond donors (Lipinski definition) is 3. The van der Waals surface area contributed by atoms with Crippen LogP contribution < -0.4 is 16.8 Å². The van der Waals surface area contributed by atoms with E-state index in [0.29, 0.717) is 16.4 Å². The highest BCUT2D eigenvalue weighted by Crippen LogP contribution is 2.31. The molecule has 1 aromatic carbocycles. The van der Waals surface area contributed by atoms with Crippen molar-refractivity contribution in [1.29, 1.82) is 0 Å². The lowest BCUT2D eigenvalue weighted by Gasteiger charge is -2.16. The number of aryl methyl sites for hydroxylation is 1. The molecule has 5 N–H and O–H groups in total. The van der Waals surface area contributed by atoms with Crippen molar-refractivity contribution in [1.82, 2.24) is 14.8 Å². The Bertz CT molecular complexity index is 1170. The molecule has 3 rings (SSSR count). The van der Waals surface area contributed by atoms with Gasteiger partial charge in [0.2, 0.25) is 5.91 Å². The van der Waals surface area contributed by atoms with Crippen LogP contribution in [0.1, 0.15) is 67.2 Å². The maximum Gasteiger partial charge on any atom is 0.254 e. The van der Waals surface area contributed by atoms with Gasteiger partial charge in [-0.25, -0.2) is 9.67 Å². The van der Waals surface area contributed by atoms with Crippen molar-refractivity contribution < 1.29 is 9.59 Å². The fourth-order valence-corrected chi connectivity index (χ4v) is 4.82. The number of primary amides is 1. The van der Waals surface area contributed by atoms with Gasteiger partial charge in [0, 0.05) is 16.5 Å². The van der Waals surface area contributed by atoms with Crippen molar-refractivity contribution in [2.75, 3.05) is 11.1 Å². The number of anilines is 2. The highest BCUT2D eigenvalue weighted by atomic mass is 32.1. The van der Waals surface area contributed by atoms with Crippen molar-refractivity contribution in [3.05, 3.63) is 46.0 Å². The fourth-order valence-electron chi connectivity index (χ4n) is 3.54. The van der Waals surface area contributed by atoms with Crippen LogP contribution in [0.15, 0.2) is 24.3 Å². The van der Waals surface area contributed by atoms with Crippen LogP contribution in [0.5, 0.6) is 0 Å². The summed E-state index contributed by atoms with van der Waals surface area (Å²) in [5.41, 5.74) is 15.0. The zero-order chi connectivity index (χ0) is 24.5. The lowest BCUT2D eigenvalue weighted by atomic mass is 9.91. The highest BCUT2D eigenvalue weighted by molar-refractivity contribution is 7.15. The van der Waals surface area contributed by atoms with E-state index in [0.717, 1.165) is 17.7 Å². The molecule has 3 aromatic rings. The van der Waals surface area contributed by atoms with Gasteiger partial charge in [0.25, 0.3) is 5.91 Å². The molecule has 2 amide bonds. The predicted octanol–water partition coefficient (Wildman–Crippen LogP) is 4.35. The molecule has 0 saturated heterocycles. The summed E-state index contributed by atoms with van der Waals surface area (Å²) < 4.78 is 1.58. The maximum absolute atomic E-state index is 12.6. The Morgan fingerprint density at radius 3 is 2.36 bits per heavy atom. The van der Waals surface area contributed by atoms with Gasteiger partial charge in [0.05, 0.1) is 12.1 Å². The zero-order valence-electron chi connectivity index (χ0n) is 20.0. The number of benzene rings is 1. The third kappa shape index (κ3) is 5.78. The van der Waals surface area contributed by atoms with Gasteiger partial charge in [0.15, 0.2) is 5.13 Å². The van der Waals surface area contributed by atoms with Crippen molar-refractivity contribution >= 4 is 34.1 Å². The van der Waals surface area contributed by atoms with E-state index in [-0.39, 0.29) is 35.2 Å². The summed E-state index contributed by atoms with van der Waals surface area (Å²) in [4.78, 5) is 30.2. The summed E-state index contributed by atoms with van der Waals surface area (Å²) in [6.07, 6.45) is 1.12. The van der Waals surface area contributed by atoms with Gasteiger partial charge < -0.3 is 16.8 Å². The lowest BCUT2D eigenvalue weighted by Crippen LogP contribution is -2.15. The van der Waals surface area contributed by atoms with Crippen LogP contribution in [0.25, 0.3) is 11.3 Å². The molecular formula is C24H32N6O2S. The molecule has 33 heavy (non-hydrogen) atoms. The topological polar surface area (TPSA) is 129 Å². The molecule has 2 aromatic heterocycles. The molecule has 0 fully saturated rings. The molecule has 0 spiro atoms. The molecule has 0 unspecified atom stereocenters. The molecule has 0 aliphatic heterocycles. The standard InChI is InChI=1S/C24H32N6O2S/c1-13(2)30-21(25)19(22(26)32)20(29-30)16-9-7-15(8-10-16)11-18(31)28-23-27-14(3)17(33-23)12-24(4,5)6/h7-10,13H,11-12,25H2,1-6H3,(H2,26,32)(H,27,28,31). The third-order valence-electron chi connectivity index (χ3n) is 5.10. The molecule has 0 bridgehead atoms. The van der Waals surface area contributed by atoms with Crippen LogP contribution in [0.2, 0.25) is 0 Å². The summed E-state index contributed by atoms with van der Waals surface area (Å²) >= 11 is 1.53.